The SMILES string of the molecule is COC(=O)COc1ccc([C@H]2C(C(=O)OC)=C(C)NC3=C2C(=O)c2ccccc23)cc1Cl. The number of ketones is 1. The van der Waals surface area contributed by atoms with E-state index in [1.54, 1.807) is 37.3 Å². The lowest BCUT2D eigenvalue weighted by molar-refractivity contribution is -0.143. The Bertz CT molecular complexity index is 1210. The van der Waals surface area contributed by atoms with Gasteiger partial charge < -0.3 is 19.5 Å². The molecule has 0 radical (unpaired) electrons. The van der Waals surface area contributed by atoms with Gasteiger partial charge in [-0.15, -0.1) is 0 Å². The topological polar surface area (TPSA) is 90.9 Å². The van der Waals surface area contributed by atoms with Crippen molar-refractivity contribution in [3.05, 3.63) is 81.0 Å². The summed E-state index contributed by atoms with van der Waals surface area (Å²) in [5.74, 6) is -1.66. The van der Waals surface area contributed by atoms with E-state index in [2.05, 4.69) is 10.1 Å². The van der Waals surface area contributed by atoms with E-state index in [0.717, 1.165) is 5.56 Å². The molecule has 1 aliphatic carbocycles. The third-order valence-electron chi connectivity index (χ3n) is 5.52. The molecule has 0 fully saturated rings. The fourth-order valence-electron chi connectivity index (χ4n) is 4.05. The number of carbonyl (C=O) groups is 3. The lowest BCUT2D eigenvalue weighted by Crippen LogP contribution is -2.29. The quantitative estimate of drug-likeness (QED) is 0.691. The highest BCUT2D eigenvalue weighted by Gasteiger charge is 2.42. The summed E-state index contributed by atoms with van der Waals surface area (Å²) in [5, 5.41) is 3.46. The second-order valence-corrected chi connectivity index (χ2v) is 7.71. The zero-order valence-corrected chi connectivity index (χ0v) is 18.4. The van der Waals surface area contributed by atoms with Gasteiger partial charge in [-0.3, -0.25) is 4.79 Å². The number of rotatable bonds is 5. The number of dihydropyridines is 1. The molecule has 1 N–H and O–H groups in total. The van der Waals surface area contributed by atoms with E-state index < -0.39 is 17.9 Å². The van der Waals surface area contributed by atoms with Crippen LogP contribution in [-0.4, -0.2) is 38.5 Å². The second-order valence-electron chi connectivity index (χ2n) is 7.31. The summed E-state index contributed by atoms with van der Waals surface area (Å²) < 4.78 is 15.0. The van der Waals surface area contributed by atoms with Gasteiger partial charge >= 0.3 is 11.9 Å². The van der Waals surface area contributed by atoms with Crippen LogP contribution in [0, 0.1) is 0 Å². The standard InChI is InChI=1S/C24H20ClNO6/c1-12-19(24(29)31-3)20(13-8-9-17(16(25)10-13)32-11-18(27)30-2)21-22(26-12)14-6-4-5-7-15(14)23(21)28/h4-10,20,26H,11H2,1-3H3/t20-/m0/s1. The molecule has 0 unspecified atom stereocenters. The molecule has 0 amide bonds. The van der Waals surface area contributed by atoms with Gasteiger partial charge in [-0.1, -0.05) is 41.9 Å². The first-order chi connectivity index (χ1) is 15.4. The number of nitrogens with one attached hydrogen (secondary N) is 1. The highest BCUT2D eigenvalue weighted by molar-refractivity contribution is 6.32. The fraction of sp³-hybridized carbons (Fsp3) is 0.208. The lowest BCUT2D eigenvalue weighted by Gasteiger charge is -2.29. The minimum Gasteiger partial charge on any atom is -0.480 e. The largest absolute Gasteiger partial charge is 0.480 e. The van der Waals surface area contributed by atoms with Gasteiger partial charge in [0.25, 0.3) is 0 Å². The Morgan fingerprint density at radius 1 is 1.06 bits per heavy atom. The van der Waals surface area contributed by atoms with Crippen LogP contribution in [0.3, 0.4) is 0 Å². The lowest BCUT2D eigenvalue weighted by atomic mass is 9.80. The molecule has 1 atom stereocenters. The number of ether oxygens (including phenoxy) is 3. The number of Topliss-reactive ketones (excluding diaryl/α,β-unsaturated/α-hetero) is 1. The summed E-state index contributed by atoms with van der Waals surface area (Å²) in [6, 6.07) is 12.2. The van der Waals surface area contributed by atoms with Crippen molar-refractivity contribution in [2.45, 2.75) is 12.8 Å². The van der Waals surface area contributed by atoms with Gasteiger partial charge in [-0.05, 0) is 24.6 Å². The smallest absolute Gasteiger partial charge is 0.343 e. The van der Waals surface area contributed by atoms with Gasteiger partial charge in [0.05, 0.1) is 30.5 Å². The molecule has 2 aromatic rings. The van der Waals surface area contributed by atoms with Crippen LogP contribution in [-0.2, 0) is 19.1 Å². The number of methoxy groups -OCH3 is 2. The number of halogens is 1. The molecule has 2 aliphatic rings. The van der Waals surface area contributed by atoms with Gasteiger partial charge in [-0.25, -0.2) is 9.59 Å². The third kappa shape index (κ3) is 3.54. The molecule has 2 aromatic carbocycles. The summed E-state index contributed by atoms with van der Waals surface area (Å²) in [7, 11) is 2.56. The number of carbonyl (C=O) groups excluding carboxylic acids is 3. The third-order valence-corrected chi connectivity index (χ3v) is 5.81. The van der Waals surface area contributed by atoms with Gasteiger partial charge in [0.2, 0.25) is 0 Å². The van der Waals surface area contributed by atoms with E-state index in [0.29, 0.717) is 33.7 Å². The minimum absolute atomic E-state index is 0.163. The first-order valence-electron chi connectivity index (χ1n) is 9.80. The molecule has 8 heteroatoms. The number of esters is 2. The van der Waals surface area contributed by atoms with Gasteiger partial charge in [0.15, 0.2) is 12.4 Å². The van der Waals surface area contributed by atoms with Crippen LogP contribution in [0.1, 0.15) is 34.3 Å². The van der Waals surface area contributed by atoms with E-state index >= 15 is 0 Å². The average molecular weight is 454 g/mol. The Balaban J connectivity index is 1.81. The molecule has 1 heterocycles. The van der Waals surface area contributed by atoms with Crippen LogP contribution in [0.2, 0.25) is 5.02 Å². The minimum atomic E-state index is -0.689. The molecule has 0 saturated heterocycles. The van der Waals surface area contributed by atoms with E-state index in [-0.39, 0.29) is 23.2 Å². The van der Waals surface area contributed by atoms with E-state index in [9.17, 15) is 14.4 Å². The zero-order valence-electron chi connectivity index (χ0n) is 17.7. The molecule has 32 heavy (non-hydrogen) atoms. The molecule has 0 bridgehead atoms. The van der Waals surface area contributed by atoms with Gasteiger partial charge in [0.1, 0.15) is 5.75 Å². The van der Waals surface area contributed by atoms with Crippen LogP contribution in [0.4, 0.5) is 0 Å². The number of hydrogen-bond acceptors (Lipinski definition) is 7. The Morgan fingerprint density at radius 2 is 1.78 bits per heavy atom. The van der Waals surface area contributed by atoms with Crippen molar-refractivity contribution in [1.82, 2.24) is 5.32 Å². The van der Waals surface area contributed by atoms with Crippen molar-refractivity contribution in [3.8, 4) is 5.75 Å². The molecule has 7 nitrogen and oxygen atoms in total. The van der Waals surface area contributed by atoms with Gasteiger partial charge in [0, 0.05) is 28.3 Å². The molecule has 0 aromatic heterocycles. The Kier molecular flexibility index (Phi) is 5.76. The second kappa shape index (κ2) is 8.51. The normalized spacial score (nSPS) is 16.9. The Hall–Kier alpha value is -3.58. The number of hydrogen-bond donors (Lipinski definition) is 1. The molecule has 4 rings (SSSR count). The number of fused-ring (bicyclic) bond motifs is 2. The maximum atomic E-state index is 13.4. The van der Waals surface area contributed by atoms with Crippen molar-refractivity contribution >= 4 is 35.0 Å². The van der Waals surface area contributed by atoms with Crippen LogP contribution in [0.5, 0.6) is 5.75 Å². The summed E-state index contributed by atoms with van der Waals surface area (Å²) in [6.45, 7) is 1.47. The summed E-state index contributed by atoms with van der Waals surface area (Å²) in [5.41, 5.74) is 4.01. The summed E-state index contributed by atoms with van der Waals surface area (Å²) >= 11 is 6.42. The van der Waals surface area contributed by atoms with Crippen molar-refractivity contribution < 1.29 is 28.6 Å². The molecule has 1 aliphatic heterocycles. The highest BCUT2D eigenvalue weighted by Crippen LogP contribution is 2.47. The summed E-state index contributed by atoms with van der Waals surface area (Å²) in [6.07, 6.45) is 0. The first kappa shape index (κ1) is 21.6. The van der Waals surface area contributed by atoms with Crippen molar-refractivity contribution in [2.24, 2.45) is 0 Å². The maximum Gasteiger partial charge on any atom is 0.343 e. The zero-order chi connectivity index (χ0) is 23.0. The average Bonchev–Trinajstić information content (AvgIpc) is 3.08. The van der Waals surface area contributed by atoms with Crippen LogP contribution in [0.25, 0.3) is 5.70 Å². The van der Waals surface area contributed by atoms with Crippen LogP contribution in [0.15, 0.2) is 59.3 Å². The molecule has 0 spiro atoms. The molecule has 0 saturated carbocycles. The Labute approximate surface area is 189 Å². The molecular weight excluding hydrogens is 434 g/mol. The van der Waals surface area contributed by atoms with E-state index in [1.807, 2.05) is 12.1 Å². The molecular formula is C24H20ClNO6. The highest BCUT2D eigenvalue weighted by atomic mass is 35.5. The van der Waals surface area contributed by atoms with Crippen molar-refractivity contribution in [3.63, 3.8) is 0 Å². The molecule has 164 valence electrons. The van der Waals surface area contributed by atoms with Crippen molar-refractivity contribution in [1.29, 1.82) is 0 Å². The first-order valence-corrected chi connectivity index (χ1v) is 10.2. The fourth-order valence-corrected chi connectivity index (χ4v) is 4.30. The van der Waals surface area contributed by atoms with Crippen molar-refractivity contribution in [2.75, 3.05) is 20.8 Å². The van der Waals surface area contributed by atoms with E-state index in [1.165, 1.54) is 14.2 Å². The Morgan fingerprint density at radius 3 is 2.44 bits per heavy atom. The number of allylic oxidation sites excluding steroid dienone is 2. The predicted molar refractivity (Wildman–Crippen MR) is 117 cm³/mol. The predicted octanol–water partition coefficient (Wildman–Crippen LogP) is 3.63. The van der Waals surface area contributed by atoms with Crippen LogP contribution < -0.4 is 10.1 Å². The van der Waals surface area contributed by atoms with E-state index in [4.69, 9.17) is 21.1 Å². The summed E-state index contributed by atoms with van der Waals surface area (Å²) in [4.78, 5) is 37.5. The maximum absolute atomic E-state index is 13.4. The van der Waals surface area contributed by atoms with Crippen LogP contribution >= 0.6 is 11.6 Å². The number of benzene rings is 2. The monoisotopic (exact) mass is 453 g/mol. The van der Waals surface area contributed by atoms with Gasteiger partial charge in [-0.2, -0.15) is 0 Å².